The van der Waals surface area contributed by atoms with Crippen molar-refractivity contribution in [3.63, 3.8) is 0 Å². The van der Waals surface area contributed by atoms with Crippen molar-refractivity contribution in [3.05, 3.63) is 108 Å². The highest BCUT2D eigenvalue weighted by Crippen LogP contribution is 2.33. The van der Waals surface area contributed by atoms with Crippen LogP contribution in [0.5, 0.6) is 0 Å². The molecule has 174 valence electrons. The molecule has 0 saturated heterocycles. The first-order valence-corrected chi connectivity index (χ1v) is 12.4. The zero-order valence-corrected chi connectivity index (χ0v) is 21.3. The zero-order chi connectivity index (χ0) is 24.5. The first-order valence-electron chi connectivity index (χ1n) is 12.4. The van der Waals surface area contributed by atoms with Crippen molar-refractivity contribution >= 4 is 10.9 Å². The standard InChI is InChI=1S/C30H30N2.C2H6/c1-5-6-7-9-13-23(4)29-26-20-25(28-21(2)14-12-15-22(28)3)18-19-27(26)31-30(32-29)24-16-10-8-11-17-24;1-2/h6-20,23H,5H2,1-4H3;1-2H3/b7-6-,13-9-;. The van der Waals surface area contributed by atoms with Gasteiger partial charge in [-0.2, -0.15) is 0 Å². The highest BCUT2D eigenvalue weighted by molar-refractivity contribution is 5.89. The Morgan fingerprint density at radius 3 is 2.18 bits per heavy atom. The molecule has 0 radical (unpaired) electrons. The Bertz CT molecular complexity index is 1260. The van der Waals surface area contributed by atoms with E-state index >= 15 is 0 Å². The summed E-state index contributed by atoms with van der Waals surface area (Å²) in [7, 11) is 0. The number of fused-ring (bicyclic) bond motifs is 1. The summed E-state index contributed by atoms with van der Waals surface area (Å²) in [6.07, 6.45) is 9.65. The molecular formula is C32H36N2. The van der Waals surface area contributed by atoms with Crippen molar-refractivity contribution in [2.45, 2.75) is 53.9 Å². The fourth-order valence-corrected chi connectivity index (χ4v) is 4.18. The van der Waals surface area contributed by atoms with E-state index in [2.05, 4.69) is 101 Å². The molecule has 0 amide bonds. The molecular weight excluding hydrogens is 412 g/mol. The molecule has 0 fully saturated rings. The molecule has 4 aromatic rings. The Kier molecular flexibility index (Phi) is 8.93. The van der Waals surface area contributed by atoms with Crippen LogP contribution in [0.15, 0.2) is 91.0 Å². The van der Waals surface area contributed by atoms with E-state index in [4.69, 9.17) is 9.97 Å². The average Bonchev–Trinajstić information content (AvgIpc) is 2.87. The second kappa shape index (κ2) is 12.1. The van der Waals surface area contributed by atoms with Crippen molar-refractivity contribution < 1.29 is 0 Å². The summed E-state index contributed by atoms with van der Waals surface area (Å²) in [4.78, 5) is 9.99. The summed E-state index contributed by atoms with van der Waals surface area (Å²) >= 11 is 0. The summed E-state index contributed by atoms with van der Waals surface area (Å²) in [5.41, 5.74) is 8.15. The second-order valence-electron chi connectivity index (χ2n) is 8.31. The van der Waals surface area contributed by atoms with Crippen molar-refractivity contribution in [1.29, 1.82) is 0 Å². The van der Waals surface area contributed by atoms with Crippen molar-refractivity contribution in [2.24, 2.45) is 0 Å². The van der Waals surface area contributed by atoms with E-state index in [1.54, 1.807) is 0 Å². The third kappa shape index (κ3) is 5.69. The molecule has 1 unspecified atom stereocenters. The van der Waals surface area contributed by atoms with E-state index < -0.39 is 0 Å². The highest BCUT2D eigenvalue weighted by Gasteiger charge is 2.15. The fraction of sp³-hybridized carbons (Fsp3) is 0.250. The van der Waals surface area contributed by atoms with Gasteiger partial charge in [-0.3, -0.25) is 0 Å². The number of aromatic nitrogens is 2. The van der Waals surface area contributed by atoms with Crippen molar-refractivity contribution in [3.8, 4) is 22.5 Å². The molecule has 0 spiro atoms. The van der Waals surface area contributed by atoms with Gasteiger partial charge in [0.1, 0.15) is 0 Å². The number of benzene rings is 3. The second-order valence-corrected chi connectivity index (χ2v) is 8.31. The number of nitrogens with zero attached hydrogens (tertiary/aromatic N) is 2. The molecule has 0 saturated carbocycles. The topological polar surface area (TPSA) is 25.8 Å². The largest absolute Gasteiger partial charge is 0.232 e. The molecule has 4 rings (SSSR count). The number of hydrogen-bond acceptors (Lipinski definition) is 2. The minimum absolute atomic E-state index is 0.165. The molecule has 1 atom stereocenters. The molecule has 3 aromatic carbocycles. The predicted octanol–water partition coefficient (Wildman–Crippen LogP) is 9.23. The first-order chi connectivity index (χ1) is 16.6. The van der Waals surface area contributed by atoms with E-state index in [0.29, 0.717) is 0 Å². The lowest BCUT2D eigenvalue weighted by Gasteiger charge is -2.15. The number of rotatable bonds is 6. The van der Waals surface area contributed by atoms with E-state index in [0.717, 1.165) is 34.4 Å². The van der Waals surface area contributed by atoms with Crippen LogP contribution in [0.3, 0.4) is 0 Å². The van der Waals surface area contributed by atoms with Crippen LogP contribution in [0, 0.1) is 13.8 Å². The fourth-order valence-electron chi connectivity index (χ4n) is 4.18. The molecule has 0 aliphatic rings. The van der Waals surface area contributed by atoms with Crippen LogP contribution in [0.1, 0.15) is 56.9 Å². The van der Waals surface area contributed by atoms with Crippen molar-refractivity contribution in [1.82, 2.24) is 9.97 Å². The SMILES string of the molecule is CC.CC/C=C\C=C/C(C)c1nc(-c2ccccc2)nc2ccc(-c3c(C)cccc3C)cc12. The van der Waals surface area contributed by atoms with Gasteiger partial charge in [0.05, 0.1) is 11.2 Å². The minimum Gasteiger partial charge on any atom is -0.232 e. The van der Waals surface area contributed by atoms with Crippen LogP contribution in [-0.2, 0) is 0 Å². The summed E-state index contributed by atoms with van der Waals surface area (Å²) in [6.45, 7) is 12.7. The van der Waals surface area contributed by atoms with Gasteiger partial charge in [-0.25, -0.2) is 9.97 Å². The maximum Gasteiger partial charge on any atom is 0.160 e. The molecule has 0 N–H and O–H groups in total. The van der Waals surface area contributed by atoms with Crippen LogP contribution in [-0.4, -0.2) is 9.97 Å². The Morgan fingerprint density at radius 1 is 0.794 bits per heavy atom. The normalized spacial score (nSPS) is 12.2. The molecule has 1 heterocycles. The lowest BCUT2D eigenvalue weighted by atomic mass is 9.93. The van der Waals surface area contributed by atoms with Crippen LogP contribution in [0.2, 0.25) is 0 Å². The van der Waals surface area contributed by atoms with E-state index in [1.807, 2.05) is 32.0 Å². The van der Waals surface area contributed by atoms with Crippen LogP contribution < -0.4 is 0 Å². The summed E-state index contributed by atoms with van der Waals surface area (Å²) in [5.74, 6) is 0.940. The lowest BCUT2D eigenvalue weighted by molar-refractivity contribution is 0.914. The first kappa shape index (κ1) is 25.1. The van der Waals surface area contributed by atoms with Gasteiger partial charge in [0.2, 0.25) is 0 Å². The van der Waals surface area contributed by atoms with Gasteiger partial charge in [-0.05, 0) is 54.7 Å². The Morgan fingerprint density at radius 2 is 1.50 bits per heavy atom. The number of aryl methyl sites for hydroxylation is 2. The monoisotopic (exact) mass is 448 g/mol. The minimum atomic E-state index is 0.165. The average molecular weight is 449 g/mol. The highest BCUT2D eigenvalue weighted by atomic mass is 14.9. The maximum atomic E-state index is 5.06. The van der Waals surface area contributed by atoms with Gasteiger partial charge in [-0.15, -0.1) is 0 Å². The van der Waals surface area contributed by atoms with Crippen LogP contribution in [0.4, 0.5) is 0 Å². The van der Waals surface area contributed by atoms with Gasteiger partial charge in [0.15, 0.2) is 5.82 Å². The van der Waals surface area contributed by atoms with Gasteiger partial charge in [0.25, 0.3) is 0 Å². The van der Waals surface area contributed by atoms with Gasteiger partial charge in [0, 0.05) is 16.9 Å². The van der Waals surface area contributed by atoms with Gasteiger partial charge < -0.3 is 0 Å². The number of hydrogen-bond donors (Lipinski definition) is 0. The molecule has 1 aromatic heterocycles. The Labute approximate surface area is 205 Å². The van der Waals surface area contributed by atoms with Crippen LogP contribution >= 0.6 is 0 Å². The summed E-state index contributed by atoms with van der Waals surface area (Å²) in [6, 6.07) is 23.3. The molecule has 0 bridgehead atoms. The quantitative estimate of drug-likeness (QED) is 0.275. The van der Waals surface area contributed by atoms with Crippen molar-refractivity contribution in [2.75, 3.05) is 0 Å². The van der Waals surface area contributed by atoms with E-state index in [-0.39, 0.29) is 5.92 Å². The predicted molar refractivity (Wildman–Crippen MR) is 148 cm³/mol. The van der Waals surface area contributed by atoms with E-state index in [1.165, 1.54) is 22.3 Å². The summed E-state index contributed by atoms with van der Waals surface area (Å²) in [5, 5.41) is 1.11. The van der Waals surface area contributed by atoms with Crippen LogP contribution in [0.25, 0.3) is 33.4 Å². The molecule has 2 nitrogen and oxygen atoms in total. The summed E-state index contributed by atoms with van der Waals surface area (Å²) < 4.78 is 0. The molecule has 2 heteroatoms. The van der Waals surface area contributed by atoms with Gasteiger partial charge in [-0.1, -0.05) is 107 Å². The number of allylic oxidation sites excluding steroid dienone is 4. The molecule has 0 aliphatic carbocycles. The lowest BCUT2D eigenvalue weighted by Crippen LogP contribution is -2.01. The molecule has 0 aliphatic heterocycles. The third-order valence-corrected chi connectivity index (χ3v) is 5.84. The maximum absolute atomic E-state index is 5.06. The Balaban J connectivity index is 0.00000158. The third-order valence-electron chi connectivity index (χ3n) is 5.84. The zero-order valence-electron chi connectivity index (χ0n) is 21.3. The van der Waals surface area contributed by atoms with Gasteiger partial charge >= 0.3 is 0 Å². The Hall–Kier alpha value is -3.52. The smallest absolute Gasteiger partial charge is 0.160 e. The molecule has 34 heavy (non-hydrogen) atoms. The van der Waals surface area contributed by atoms with E-state index in [9.17, 15) is 0 Å².